The summed E-state index contributed by atoms with van der Waals surface area (Å²) in [6, 6.07) is 16.3. The van der Waals surface area contributed by atoms with Crippen LogP contribution < -0.4 is 10.6 Å². The molecule has 7 heteroatoms. The number of thiazole rings is 1. The van der Waals surface area contributed by atoms with Crippen molar-refractivity contribution in [3.8, 4) is 11.3 Å². The van der Waals surface area contributed by atoms with Crippen LogP contribution in [0.15, 0.2) is 53.9 Å². The first-order valence-electron chi connectivity index (χ1n) is 10.9. The minimum absolute atomic E-state index is 0.0397. The van der Waals surface area contributed by atoms with Crippen LogP contribution in [0.4, 0.5) is 10.8 Å². The van der Waals surface area contributed by atoms with E-state index in [1.807, 2.05) is 67.8 Å². The molecule has 1 aliphatic rings. The van der Waals surface area contributed by atoms with Crippen molar-refractivity contribution < 1.29 is 9.59 Å². The molecular weight excluding hydrogens is 420 g/mol. The van der Waals surface area contributed by atoms with E-state index in [4.69, 9.17) is 0 Å². The van der Waals surface area contributed by atoms with Gasteiger partial charge in [-0.05, 0) is 37.8 Å². The Morgan fingerprint density at radius 3 is 2.41 bits per heavy atom. The van der Waals surface area contributed by atoms with Gasteiger partial charge in [0.1, 0.15) is 0 Å². The van der Waals surface area contributed by atoms with E-state index in [2.05, 4.69) is 20.5 Å². The molecule has 2 N–H and O–H groups in total. The highest BCUT2D eigenvalue weighted by atomic mass is 32.1. The second kappa shape index (κ2) is 10.1. The van der Waals surface area contributed by atoms with Crippen molar-refractivity contribution in [3.63, 3.8) is 0 Å². The molecule has 0 bridgehead atoms. The standard InChI is InChI=1S/C25H28N4O2S/c1-17-7-6-8-18(2)24(17)27-23(31)15-29(20-11-12-20)14-13-22(30)28-25-26-21(16-32-25)19-9-4-3-5-10-19/h3-10,16,20H,11-15H2,1-2H3,(H,27,31)(H,26,28,30). The van der Waals surface area contributed by atoms with Gasteiger partial charge < -0.3 is 10.6 Å². The maximum Gasteiger partial charge on any atom is 0.238 e. The van der Waals surface area contributed by atoms with Gasteiger partial charge in [-0.25, -0.2) is 4.98 Å². The van der Waals surface area contributed by atoms with Gasteiger partial charge in [0.2, 0.25) is 11.8 Å². The molecule has 1 aliphatic carbocycles. The minimum Gasteiger partial charge on any atom is -0.324 e. The number of rotatable bonds is 9. The summed E-state index contributed by atoms with van der Waals surface area (Å²) in [5, 5.41) is 8.48. The van der Waals surface area contributed by atoms with Crippen molar-refractivity contribution >= 4 is 34.0 Å². The molecule has 32 heavy (non-hydrogen) atoms. The Balaban J connectivity index is 1.29. The van der Waals surface area contributed by atoms with Crippen molar-refractivity contribution in [2.45, 2.75) is 39.2 Å². The fraction of sp³-hybridized carbons (Fsp3) is 0.320. The smallest absolute Gasteiger partial charge is 0.238 e. The monoisotopic (exact) mass is 448 g/mol. The first kappa shape index (κ1) is 22.2. The molecule has 6 nitrogen and oxygen atoms in total. The van der Waals surface area contributed by atoms with E-state index in [1.54, 1.807) is 0 Å². The SMILES string of the molecule is Cc1cccc(C)c1NC(=O)CN(CCC(=O)Nc1nc(-c2ccccc2)cs1)C1CC1. The quantitative estimate of drug-likeness (QED) is 0.490. The third kappa shape index (κ3) is 5.81. The zero-order valence-electron chi connectivity index (χ0n) is 18.4. The summed E-state index contributed by atoms with van der Waals surface area (Å²) in [5.41, 5.74) is 4.86. The Kier molecular flexibility index (Phi) is 6.97. The average Bonchev–Trinajstić information content (AvgIpc) is 3.53. The van der Waals surface area contributed by atoms with Crippen LogP contribution in [0, 0.1) is 13.8 Å². The fourth-order valence-electron chi connectivity index (χ4n) is 3.71. The Morgan fingerprint density at radius 1 is 1.00 bits per heavy atom. The molecule has 2 amide bonds. The molecule has 0 saturated heterocycles. The van der Waals surface area contributed by atoms with Gasteiger partial charge in [-0.15, -0.1) is 11.3 Å². The summed E-state index contributed by atoms with van der Waals surface area (Å²) in [6.07, 6.45) is 2.48. The Hall–Kier alpha value is -3.03. The van der Waals surface area contributed by atoms with Crippen LogP contribution in [0.25, 0.3) is 11.3 Å². The molecule has 0 radical (unpaired) electrons. The summed E-state index contributed by atoms with van der Waals surface area (Å²) < 4.78 is 0. The summed E-state index contributed by atoms with van der Waals surface area (Å²) in [5.74, 6) is -0.123. The third-order valence-corrected chi connectivity index (χ3v) is 6.36. The molecule has 0 aliphatic heterocycles. The number of benzene rings is 2. The summed E-state index contributed by atoms with van der Waals surface area (Å²) in [6.45, 7) is 4.83. The molecule has 3 aromatic rings. The van der Waals surface area contributed by atoms with Gasteiger partial charge in [0, 0.05) is 35.6 Å². The lowest BCUT2D eigenvalue weighted by atomic mass is 10.1. The lowest BCUT2D eigenvalue weighted by Crippen LogP contribution is -2.37. The number of aryl methyl sites for hydroxylation is 2. The van der Waals surface area contributed by atoms with Crippen molar-refractivity contribution in [1.82, 2.24) is 9.88 Å². The largest absolute Gasteiger partial charge is 0.324 e. The number of amides is 2. The highest BCUT2D eigenvalue weighted by molar-refractivity contribution is 7.14. The number of para-hydroxylation sites is 1. The lowest BCUT2D eigenvalue weighted by molar-refractivity contribution is -0.119. The molecule has 0 unspecified atom stereocenters. The Bertz CT molecular complexity index is 1070. The van der Waals surface area contributed by atoms with Gasteiger partial charge >= 0.3 is 0 Å². The number of carbonyl (C=O) groups is 2. The van der Waals surface area contributed by atoms with E-state index in [0.29, 0.717) is 30.7 Å². The normalized spacial score (nSPS) is 13.2. The first-order chi connectivity index (χ1) is 15.5. The molecule has 0 atom stereocenters. The Morgan fingerprint density at radius 2 is 1.72 bits per heavy atom. The van der Waals surface area contributed by atoms with Crippen LogP contribution in [-0.2, 0) is 9.59 Å². The molecule has 1 saturated carbocycles. The van der Waals surface area contributed by atoms with E-state index in [-0.39, 0.29) is 11.8 Å². The summed E-state index contributed by atoms with van der Waals surface area (Å²) >= 11 is 1.42. The molecule has 4 rings (SSSR count). The van der Waals surface area contributed by atoms with Crippen molar-refractivity contribution in [2.24, 2.45) is 0 Å². The number of hydrogen-bond donors (Lipinski definition) is 2. The predicted molar refractivity (Wildman–Crippen MR) is 130 cm³/mol. The number of nitrogens with zero attached hydrogens (tertiary/aromatic N) is 2. The fourth-order valence-corrected chi connectivity index (χ4v) is 4.44. The molecule has 166 valence electrons. The maximum atomic E-state index is 12.7. The summed E-state index contributed by atoms with van der Waals surface area (Å²) in [7, 11) is 0. The van der Waals surface area contributed by atoms with Gasteiger partial charge in [-0.1, -0.05) is 48.5 Å². The van der Waals surface area contributed by atoms with Crippen LogP contribution >= 0.6 is 11.3 Å². The zero-order valence-corrected chi connectivity index (χ0v) is 19.2. The number of anilines is 2. The van der Waals surface area contributed by atoms with Crippen LogP contribution in [-0.4, -0.2) is 40.8 Å². The topological polar surface area (TPSA) is 74.3 Å². The predicted octanol–water partition coefficient (Wildman–Crippen LogP) is 4.86. The van der Waals surface area contributed by atoms with Crippen molar-refractivity contribution in [2.75, 3.05) is 23.7 Å². The van der Waals surface area contributed by atoms with E-state index in [9.17, 15) is 9.59 Å². The van der Waals surface area contributed by atoms with Crippen LogP contribution in [0.2, 0.25) is 0 Å². The number of carbonyl (C=O) groups excluding carboxylic acids is 2. The van der Waals surface area contributed by atoms with E-state index < -0.39 is 0 Å². The van der Waals surface area contributed by atoms with E-state index in [1.165, 1.54) is 11.3 Å². The van der Waals surface area contributed by atoms with Crippen molar-refractivity contribution in [1.29, 1.82) is 0 Å². The second-order valence-electron chi connectivity index (χ2n) is 8.22. The average molecular weight is 449 g/mol. The molecular formula is C25H28N4O2S. The lowest BCUT2D eigenvalue weighted by Gasteiger charge is -2.21. The number of aromatic nitrogens is 1. The van der Waals surface area contributed by atoms with Gasteiger partial charge in [0.15, 0.2) is 5.13 Å². The van der Waals surface area contributed by atoms with Gasteiger partial charge in [-0.3, -0.25) is 14.5 Å². The molecule has 1 fully saturated rings. The van der Waals surface area contributed by atoms with Crippen LogP contribution in [0.5, 0.6) is 0 Å². The molecule has 2 aromatic carbocycles. The minimum atomic E-state index is -0.0835. The summed E-state index contributed by atoms with van der Waals surface area (Å²) in [4.78, 5) is 31.8. The maximum absolute atomic E-state index is 12.7. The van der Waals surface area contributed by atoms with Crippen LogP contribution in [0.1, 0.15) is 30.4 Å². The first-order valence-corrected chi connectivity index (χ1v) is 11.8. The molecule has 1 aromatic heterocycles. The number of hydrogen-bond acceptors (Lipinski definition) is 5. The van der Waals surface area contributed by atoms with Gasteiger partial charge in [-0.2, -0.15) is 0 Å². The molecule has 0 spiro atoms. The zero-order chi connectivity index (χ0) is 22.5. The van der Waals surface area contributed by atoms with Crippen LogP contribution in [0.3, 0.4) is 0 Å². The number of nitrogens with one attached hydrogen (secondary N) is 2. The van der Waals surface area contributed by atoms with Gasteiger partial charge in [0.25, 0.3) is 0 Å². The van der Waals surface area contributed by atoms with Gasteiger partial charge in [0.05, 0.1) is 12.2 Å². The van der Waals surface area contributed by atoms with Crippen molar-refractivity contribution in [3.05, 3.63) is 65.0 Å². The molecule has 1 heterocycles. The van der Waals surface area contributed by atoms with E-state index >= 15 is 0 Å². The highest BCUT2D eigenvalue weighted by Gasteiger charge is 2.30. The highest BCUT2D eigenvalue weighted by Crippen LogP contribution is 2.28. The second-order valence-corrected chi connectivity index (χ2v) is 9.08. The van der Waals surface area contributed by atoms with E-state index in [0.717, 1.165) is 40.9 Å². The Labute approximate surface area is 192 Å². The third-order valence-electron chi connectivity index (χ3n) is 5.60.